The van der Waals surface area contributed by atoms with Crippen LogP contribution in [0.4, 0.5) is 4.39 Å². The van der Waals surface area contributed by atoms with Crippen LogP contribution in [0.5, 0.6) is 0 Å². The van der Waals surface area contributed by atoms with E-state index in [1.807, 2.05) is 19.1 Å². The quantitative estimate of drug-likeness (QED) is 0.316. The summed E-state index contributed by atoms with van der Waals surface area (Å²) in [6, 6.07) is 4.14. The van der Waals surface area contributed by atoms with Crippen LogP contribution in [0.1, 0.15) is 64.1 Å². The number of rotatable bonds is 3. The number of Topliss-reactive ketones (excluding diaryl/α,β-unsaturated/α-hetero) is 1. The second kappa shape index (κ2) is 9.34. The molecule has 2 heterocycles. The number of halogens is 2. The summed E-state index contributed by atoms with van der Waals surface area (Å²) in [5, 5.41) is 17.2. The van der Waals surface area contributed by atoms with E-state index in [1.165, 1.54) is 25.1 Å². The van der Waals surface area contributed by atoms with Gasteiger partial charge in [-0.2, -0.15) is 0 Å². The van der Waals surface area contributed by atoms with E-state index in [1.54, 1.807) is 20.8 Å². The summed E-state index contributed by atoms with van der Waals surface area (Å²) in [6.07, 6.45) is 2.22. The second-order valence-electron chi connectivity index (χ2n) is 14.3. The maximum Gasteiger partial charge on any atom is 0.344 e. The van der Waals surface area contributed by atoms with Gasteiger partial charge in [0.2, 0.25) is 0 Å². The van der Waals surface area contributed by atoms with Crippen molar-refractivity contribution in [2.45, 2.75) is 78.5 Å². The van der Waals surface area contributed by atoms with Crippen molar-refractivity contribution in [3.05, 3.63) is 63.7 Å². The van der Waals surface area contributed by atoms with E-state index in [-0.39, 0.29) is 57.2 Å². The SMILES string of the molecule is CC1=C[C@]23C(=O)[C@@H](C=C4COC(C)(C)OC4[C@]2(O)[C@H]1OC(=O)c1c(-c2c(F)cccc2Cl)noc1C)[C@H]1[C@@H](C[C@H]3C)C1(C)C. The van der Waals surface area contributed by atoms with Crippen LogP contribution in [-0.2, 0) is 19.0 Å². The summed E-state index contributed by atoms with van der Waals surface area (Å²) in [6.45, 7) is 13.4. The molecule has 0 radical (unpaired) electrons. The van der Waals surface area contributed by atoms with E-state index in [9.17, 15) is 19.1 Å². The minimum absolute atomic E-state index is 0.0275. The van der Waals surface area contributed by atoms with Gasteiger partial charge in [0.05, 0.1) is 22.6 Å². The van der Waals surface area contributed by atoms with E-state index in [4.69, 9.17) is 30.3 Å². The van der Waals surface area contributed by atoms with Gasteiger partial charge in [0.25, 0.3) is 0 Å². The summed E-state index contributed by atoms with van der Waals surface area (Å²) >= 11 is 6.32. The number of aromatic nitrogens is 1. The molecule has 1 spiro atoms. The minimum Gasteiger partial charge on any atom is -0.451 e. The maximum absolute atomic E-state index is 15.0. The number of carbonyl (C=O) groups excluding carboxylic acids is 2. The molecule has 1 unspecified atom stereocenters. The number of aliphatic hydroxyl groups is 1. The Morgan fingerprint density at radius 3 is 2.64 bits per heavy atom. The van der Waals surface area contributed by atoms with Gasteiger partial charge in [-0.3, -0.25) is 4.79 Å². The number of benzene rings is 1. The van der Waals surface area contributed by atoms with E-state index in [2.05, 4.69) is 19.0 Å². The van der Waals surface area contributed by atoms with Gasteiger partial charge < -0.3 is 23.8 Å². The highest BCUT2D eigenvalue weighted by Crippen LogP contribution is 2.72. The Balaban J connectivity index is 1.37. The molecule has 2 bridgehead atoms. The van der Waals surface area contributed by atoms with Crippen LogP contribution >= 0.6 is 11.6 Å². The first-order valence-corrected chi connectivity index (χ1v) is 15.5. The van der Waals surface area contributed by atoms with Crippen LogP contribution in [-0.4, -0.2) is 52.2 Å². The van der Waals surface area contributed by atoms with Crippen LogP contribution in [0.2, 0.25) is 5.02 Å². The van der Waals surface area contributed by atoms with Gasteiger partial charge in [-0.1, -0.05) is 55.7 Å². The zero-order valence-corrected chi connectivity index (χ0v) is 26.6. The highest BCUT2D eigenvalue weighted by atomic mass is 35.5. The molecular formula is C34H37ClFNO7. The lowest BCUT2D eigenvalue weighted by atomic mass is 9.59. The third kappa shape index (κ3) is 3.76. The van der Waals surface area contributed by atoms with Gasteiger partial charge in [-0.25, -0.2) is 9.18 Å². The standard InChI is InChI=1S/C34H37ClFNO7/c1-15-13-33-16(2)11-20-25(31(20,4)5)19(27(33)38)12-18-14-41-32(6,7)43-29(18)34(33,40)28(15)42-30(39)23-17(3)44-37-26(23)24-21(35)9-8-10-22(24)36/h8-10,12-13,16,19-20,25,28-29,40H,11,14H2,1-7H3/t16-,19+,20-,25+,28+,29?,33+,34-/m1/s1. The zero-order valence-electron chi connectivity index (χ0n) is 25.9. The molecule has 3 fully saturated rings. The van der Waals surface area contributed by atoms with Crippen molar-refractivity contribution >= 4 is 23.4 Å². The predicted octanol–water partition coefficient (Wildman–Crippen LogP) is 6.23. The Morgan fingerprint density at radius 1 is 1.20 bits per heavy atom. The van der Waals surface area contributed by atoms with Gasteiger partial charge in [-0.05, 0) is 80.6 Å². The molecule has 1 N–H and O–H groups in total. The molecule has 1 aliphatic heterocycles. The fraction of sp³-hybridized carbons (Fsp3) is 0.559. The second-order valence-corrected chi connectivity index (χ2v) is 14.7. The molecule has 5 aliphatic rings. The number of nitrogens with zero attached hydrogens (tertiary/aromatic N) is 1. The Labute approximate surface area is 260 Å². The summed E-state index contributed by atoms with van der Waals surface area (Å²) < 4.78 is 39.0. The van der Waals surface area contributed by atoms with Crippen LogP contribution in [0, 0.1) is 47.2 Å². The summed E-state index contributed by atoms with van der Waals surface area (Å²) in [5.74, 6) is -2.97. The number of aryl methyl sites for hydroxylation is 1. The molecular weight excluding hydrogens is 589 g/mol. The van der Waals surface area contributed by atoms with Crippen LogP contribution in [0.15, 0.2) is 46.0 Å². The number of ether oxygens (including phenoxy) is 3. The normalized spacial score (nSPS) is 37.9. The van der Waals surface area contributed by atoms with Gasteiger partial charge in [0.15, 0.2) is 23.3 Å². The molecule has 1 aromatic heterocycles. The van der Waals surface area contributed by atoms with Crippen LogP contribution < -0.4 is 0 Å². The zero-order chi connectivity index (χ0) is 31.7. The first-order valence-electron chi connectivity index (χ1n) is 15.2. The first kappa shape index (κ1) is 29.8. The fourth-order valence-electron chi connectivity index (χ4n) is 8.97. The number of ketones is 1. The molecule has 1 aromatic carbocycles. The van der Waals surface area contributed by atoms with Crippen molar-refractivity contribution in [1.29, 1.82) is 0 Å². The van der Waals surface area contributed by atoms with Crippen LogP contribution in [0.25, 0.3) is 11.3 Å². The summed E-state index contributed by atoms with van der Waals surface area (Å²) in [7, 11) is 0. The number of hydrogen-bond acceptors (Lipinski definition) is 8. The molecule has 8 nitrogen and oxygen atoms in total. The van der Waals surface area contributed by atoms with Crippen molar-refractivity contribution < 1.29 is 37.8 Å². The molecule has 2 saturated carbocycles. The largest absolute Gasteiger partial charge is 0.451 e. The molecule has 44 heavy (non-hydrogen) atoms. The lowest BCUT2D eigenvalue weighted by Gasteiger charge is -2.52. The molecule has 8 atom stereocenters. The Bertz CT molecular complexity index is 1650. The molecule has 2 aromatic rings. The third-order valence-electron chi connectivity index (χ3n) is 11.2. The number of hydrogen-bond donors (Lipinski definition) is 1. The monoisotopic (exact) mass is 625 g/mol. The van der Waals surface area contributed by atoms with Crippen molar-refractivity contribution in [3.8, 4) is 11.3 Å². The molecule has 1 saturated heterocycles. The summed E-state index contributed by atoms with van der Waals surface area (Å²) in [5.41, 5.74) is -2.55. The Morgan fingerprint density at radius 2 is 1.93 bits per heavy atom. The minimum atomic E-state index is -1.99. The number of carbonyl (C=O) groups is 2. The Kier molecular flexibility index (Phi) is 6.34. The van der Waals surface area contributed by atoms with Gasteiger partial charge in [-0.15, -0.1) is 0 Å². The Hall–Kier alpha value is -2.85. The molecule has 4 aliphatic carbocycles. The van der Waals surface area contributed by atoms with Gasteiger partial charge >= 0.3 is 5.97 Å². The highest BCUT2D eigenvalue weighted by molar-refractivity contribution is 6.33. The average Bonchev–Trinajstić information content (AvgIpc) is 3.19. The number of allylic oxidation sites excluding steroid dienone is 1. The van der Waals surface area contributed by atoms with Crippen LogP contribution in [0.3, 0.4) is 0 Å². The van der Waals surface area contributed by atoms with E-state index in [0.717, 1.165) is 6.42 Å². The summed E-state index contributed by atoms with van der Waals surface area (Å²) in [4.78, 5) is 29.0. The third-order valence-corrected chi connectivity index (χ3v) is 11.5. The predicted molar refractivity (Wildman–Crippen MR) is 158 cm³/mol. The van der Waals surface area contributed by atoms with Gasteiger partial charge in [0, 0.05) is 5.92 Å². The topological polar surface area (TPSA) is 108 Å². The van der Waals surface area contributed by atoms with Crippen molar-refractivity contribution in [2.24, 2.45) is 34.5 Å². The number of esters is 1. The van der Waals surface area contributed by atoms with E-state index < -0.39 is 46.7 Å². The van der Waals surface area contributed by atoms with E-state index in [0.29, 0.717) is 17.1 Å². The lowest BCUT2D eigenvalue weighted by molar-refractivity contribution is -0.302. The van der Waals surface area contributed by atoms with Crippen molar-refractivity contribution in [1.82, 2.24) is 5.16 Å². The number of fused-ring (bicyclic) bond motifs is 5. The highest BCUT2D eigenvalue weighted by Gasteiger charge is 2.77. The maximum atomic E-state index is 15.0. The molecule has 234 valence electrons. The fourth-order valence-corrected chi connectivity index (χ4v) is 9.23. The molecule has 7 rings (SSSR count). The first-order chi connectivity index (χ1) is 20.6. The molecule has 10 heteroatoms. The average molecular weight is 626 g/mol. The molecule has 0 amide bonds. The van der Waals surface area contributed by atoms with Gasteiger partial charge in [0.1, 0.15) is 28.9 Å². The lowest BCUT2D eigenvalue weighted by Crippen LogP contribution is -2.68. The van der Waals surface area contributed by atoms with Crippen molar-refractivity contribution in [2.75, 3.05) is 6.61 Å². The van der Waals surface area contributed by atoms with E-state index >= 15 is 0 Å². The smallest absolute Gasteiger partial charge is 0.344 e. The van der Waals surface area contributed by atoms with Crippen molar-refractivity contribution in [3.63, 3.8) is 0 Å².